The summed E-state index contributed by atoms with van der Waals surface area (Å²) in [5.41, 5.74) is 0.294. The number of carbonyl (C=O) groups is 1. The van der Waals surface area contributed by atoms with Gasteiger partial charge in [0.05, 0.1) is 4.92 Å². The van der Waals surface area contributed by atoms with Crippen molar-refractivity contribution in [2.24, 2.45) is 5.92 Å². The van der Waals surface area contributed by atoms with Crippen LogP contribution in [0.3, 0.4) is 0 Å². The molecule has 0 atom stereocenters. The highest BCUT2D eigenvalue weighted by Gasteiger charge is 2.23. The second kappa shape index (κ2) is 7.47. The summed E-state index contributed by atoms with van der Waals surface area (Å²) in [4.78, 5) is 22.7. The number of hydrogen-bond donors (Lipinski definition) is 2. The van der Waals surface area contributed by atoms with E-state index in [1.54, 1.807) is 12.1 Å². The summed E-state index contributed by atoms with van der Waals surface area (Å²) in [5.74, 6) is 0.0653. The quantitative estimate of drug-likeness (QED) is 0.593. The third kappa shape index (κ3) is 4.22. The van der Waals surface area contributed by atoms with Crippen LogP contribution in [0.15, 0.2) is 18.2 Å². The predicted molar refractivity (Wildman–Crippen MR) is 79.0 cm³/mol. The number of nitro groups is 1. The molecule has 0 unspecified atom stereocenters. The predicted octanol–water partition coefficient (Wildman–Crippen LogP) is 2.80. The standard InChI is InChI=1S/C14H21N3O3/c1-4-15-12-7-5-6-11(13(12)17(19)20)14(18)16-9-8-10(2)3/h5-7,10,15H,4,8-9H2,1-3H3,(H,16,18). The number of nitrogens with zero attached hydrogens (tertiary/aromatic N) is 1. The number of para-hydroxylation sites is 1. The Bertz CT molecular complexity index is 487. The van der Waals surface area contributed by atoms with Crippen LogP contribution in [0.1, 0.15) is 37.6 Å². The Morgan fingerprint density at radius 2 is 2.10 bits per heavy atom. The van der Waals surface area contributed by atoms with Crippen molar-refractivity contribution >= 4 is 17.3 Å². The molecule has 0 saturated carbocycles. The third-order valence-electron chi connectivity index (χ3n) is 2.84. The van der Waals surface area contributed by atoms with Crippen LogP contribution in [0, 0.1) is 16.0 Å². The Morgan fingerprint density at radius 1 is 1.40 bits per heavy atom. The summed E-state index contributed by atoms with van der Waals surface area (Å²) < 4.78 is 0. The zero-order valence-corrected chi connectivity index (χ0v) is 12.1. The van der Waals surface area contributed by atoms with Gasteiger partial charge in [-0.3, -0.25) is 14.9 Å². The van der Waals surface area contributed by atoms with Crippen molar-refractivity contribution < 1.29 is 9.72 Å². The first-order valence-electron chi connectivity index (χ1n) is 6.76. The SMILES string of the molecule is CCNc1cccc(C(=O)NCCC(C)C)c1[N+](=O)[O-]. The molecule has 0 bridgehead atoms. The molecule has 6 heteroatoms. The van der Waals surface area contributed by atoms with Gasteiger partial charge >= 0.3 is 5.69 Å². The van der Waals surface area contributed by atoms with Crippen LogP contribution in [-0.4, -0.2) is 23.9 Å². The Balaban J connectivity index is 2.95. The first-order chi connectivity index (χ1) is 9.47. The van der Waals surface area contributed by atoms with Crippen LogP contribution in [-0.2, 0) is 0 Å². The average molecular weight is 279 g/mol. The van der Waals surface area contributed by atoms with Crippen molar-refractivity contribution in [1.82, 2.24) is 5.32 Å². The summed E-state index contributed by atoms with van der Waals surface area (Å²) in [6.45, 7) is 7.03. The minimum Gasteiger partial charge on any atom is -0.380 e. The molecule has 1 aromatic carbocycles. The molecule has 0 heterocycles. The van der Waals surface area contributed by atoms with Crippen LogP contribution in [0.5, 0.6) is 0 Å². The largest absolute Gasteiger partial charge is 0.380 e. The third-order valence-corrected chi connectivity index (χ3v) is 2.84. The number of hydrogen-bond acceptors (Lipinski definition) is 4. The van der Waals surface area contributed by atoms with Crippen LogP contribution in [0.25, 0.3) is 0 Å². The minimum absolute atomic E-state index is 0.0946. The molecule has 110 valence electrons. The molecule has 0 aliphatic carbocycles. The van der Waals surface area contributed by atoms with Crippen molar-refractivity contribution in [3.8, 4) is 0 Å². The molecule has 0 saturated heterocycles. The fraction of sp³-hybridized carbons (Fsp3) is 0.500. The zero-order chi connectivity index (χ0) is 15.1. The van der Waals surface area contributed by atoms with Gasteiger partial charge in [0.2, 0.25) is 0 Å². The molecule has 1 rings (SSSR count). The number of nitrogens with one attached hydrogen (secondary N) is 2. The van der Waals surface area contributed by atoms with Gasteiger partial charge in [-0.05, 0) is 31.4 Å². The van der Waals surface area contributed by atoms with E-state index in [0.717, 1.165) is 6.42 Å². The van der Waals surface area contributed by atoms with E-state index in [0.29, 0.717) is 24.7 Å². The molecular weight excluding hydrogens is 258 g/mol. The molecule has 1 aromatic rings. The molecule has 0 aliphatic heterocycles. The maximum atomic E-state index is 12.1. The second-order valence-corrected chi connectivity index (χ2v) is 4.93. The van der Waals surface area contributed by atoms with E-state index in [9.17, 15) is 14.9 Å². The molecule has 2 N–H and O–H groups in total. The Hall–Kier alpha value is -2.11. The Morgan fingerprint density at radius 3 is 2.65 bits per heavy atom. The van der Waals surface area contributed by atoms with E-state index in [1.807, 2.05) is 6.92 Å². The lowest BCUT2D eigenvalue weighted by molar-refractivity contribution is -0.384. The molecule has 0 aliphatic rings. The summed E-state index contributed by atoms with van der Waals surface area (Å²) in [7, 11) is 0. The molecule has 0 radical (unpaired) electrons. The lowest BCUT2D eigenvalue weighted by Gasteiger charge is -2.10. The maximum absolute atomic E-state index is 12.1. The van der Waals surface area contributed by atoms with Gasteiger partial charge in [-0.2, -0.15) is 0 Å². The van der Waals surface area contributed by atoms with Gasteiger partial charge in [-0.15, -0.1) is 0 Å². The van der Waals surface area contributed by atoms with Crippen molar-refractivity contribution in [3.63, 3.8) is 0 Å². The second-order valence-electron chi connectivity index (χ2n) is 4.93. The van der Waals surface area contributed by atoms with Crippen LogP contribution in [0.2, 0.25) is 0 Å². The van der Waals surface area contributed by atoms with Gasteiger partial charge in [0.25, 0.3) is 5.91 Å². The minimum atomic E-state index is -0.518. The van der Waals surface area contributed by atoms with Crippen molar-refractivity contribution in [2.45, 2.75) is 27.2 Å². The highest BCUT2D eigenvalue weighted by atomic mass is 16.6. The maximum Gasteiger partial charge on any atom is 0.305 e. The van der Waals surface area contributed by atoms with E-state index < -0.39 is 10.8 Å². The van der Waals surface area contributed by atoms with Crippen molar-refractivity contribution in [2.75, 3.05) is 18.4 Å². The summed E-state index contributed by atoms with van der Waals surface area (Å²) >= 11 is 0. The number of benzene rings is 1. The highest BCUT2D eigenvalue weighted by molar-refractivity contribution is 6.00. The molecule has 6 nitrogen and oxygen atoms in total. The number of carbonyl (C=O) groups excluding carboxylic acids is 1. The number of anilines is 1. The molecule has 0 fully saturated rings. The summed E-state index contributed by atoms with van der Waals surface area (Å²) in [6.07, 6.45) is 0.840. The highest BCUT2D eigenvalue weighted by Crippen LogP contribution is 2.28. The van der Waals surface area contributed by atoms with Crippen molar-refractivity contribution in [1.29, 1.82) is 0 Å². The number of rotatable bonds is 7. The van der Waals surface area contributed by atoms with Gasteiger partial charge in [0.15, 0.2) is 0 Å². The van der Waals surface area contributed by atoms with Gasteiger partial charge in [0, 0.05) is 13.1 Å². The van der Waals surface area contributed by atoms with E-state index in [1.165, 1.54) is 6.07 Å². The van der Waals surface area contributed by atoms with Crippen LogP contribution >= 0.6 is 0 Å². The fourth-order valence-electron chi connectivity index (χ4n) is 1.83. The molecule has 0 spiro atoms. The van der Waals surface area contributed by atoms with E-state index in [4.69, 9.17) is 0 Å². The normalized spacial score (nSPS) is 10.4. The summed E-state index contributed by atoms with van der Waals surface area (Å²) in [5, 5.41) is 16.8. The van der Waals surface area contributed by atoms with Crippen LogP contribution < -0.4 is 10.6 Å². The molecule has 1 amide bonds. The Labute approximate surface area is 118 Å². The fourth-order valence-corrected chi connectivity index (χ4v) is 1.83. The topological polar surface area (TPSA) is 84.3 Å². The Kier molecular flexibility index (Phi) is 5.96. The van der Waals surface area contributed by atoms with Gasteiger partial charge in [0.1, 0.15) is 11.3 Å². The lowest BCUT2D eigenvalue weighted by Crippen LogP contribution is -2.26. The van der Waals surface area contributed by atoms with Gasteiger partial charge in [-0.1, -0.05) is 19.9 Å². The van der Waals surface area contributed by atoms with E-state index in [2.05, 4.69) is 24.5 Å². The first kappa shape index (κ1) is 15.9. The molecule has 0 aromatic heterocycles. The van der Waals surface area contributed by atoms with Gasteiger partial charge < -0.3 is 10.6 Å². The smallest absolute Gasteiger partial charge is 0.305 e. The van der Waals surface area contributed by atoms with E-state index >= 15 is 0 Å². The number of nitro benzene ring substituents is 1. The number of amides is 1. The monoisotopic (exact) mass is 279 g/mol. The van der Waals surface area contributed by atoms with Crippen molar-refractivity contribution in [3.05, 3.63) is 33.9 Å². The zero-order valence-electron chi connectivity index (χ0n) is 12.1. The van der Waals surface area contributed by atoms with E-state index in [-0.39, 0.29) is 11.3 Å². The summed E-state index contributed by atoms with van der Waals surface area (Å²) in [6, 6.07) is 4.72. The molecular formula is C14H21N3O3. The lowest BCUT2D eigenvalue weighted by atomic mass is 10.1. The molecule has 20 heavy (non-hydrogen) atoms. The average Bonchev–Trinajstić information content (AvgIpc) is 2.38. The first-order valence-corrected chi connectivity index (χ1v) is 6.76. The van der Waals surface area contributed by atoms with Gasteiger partial charge in [-0.25, -0.2) is 0 Å². The van der Waals surface area contributed by atoms with Crippen LogP contribution in [0.4, 0.5) is 11.4 Å².